The normalized spacial score (nSPS) is 10.1. The smallest absolute Gasteiger partial charge is 0.255 e. The van der Waals surface area contributed by atoms with Gasteiger partial charge in [0, 0.05) is 17.4 Å². The summed E-state index contributed by atoms with van der Waals surface area (Å²) in [4.78, 5) is 16.5. The van der Waals surface area contributed by atoms with E-state index < -0.39 is 0 Å². The largest absolute Gasteiger partial charge is 0.496 e. The number of ether oxygens (including phenoxy) is 1. The lowest BCUT2D eigenvalue weighted by Gasteiger charge is -2.10. The molecule has 5 heteroatoms. The van der Waals surface area contributed by atoms with Crippen LogP contribution in [0.2, 0.25) is 0 Å². The maximum absolute atomic E-state index is 12.1. The summed E-state index contributed by atoms with van der Waals surface area (Å²) in [5.41, 5.74) is 8.40. The maximum Gasteiger partial charge on any atom is 0.255 e. The van der Waals surface area contributed by atoms with Gasteiger partial charge in [0.05, 0.1) is 24.9 Å². The zero-order valence-corrected chi connectivity index (χ0v) is 11.5. The summed E-state index contributed by atoms with van der Waals surface area (Å²) in [6.45, 7) is 2.28. The van der Waals surface area contributed by atoms with Gasteiger partial charge in [0.25, 0.3) is 5.91 Å². The number of rotatable bonds is 4. The van der Waals surface area contributed by atoms with Crippen LogP contribution >= 0.6 is 0 Å². The molecule has 0 unspecified atom stereocenters. The minimum Gasteiger partial charge on any atom is -0.496 e. The number of aromatic nitrogens is 1. The highest BCUT2D eigenvalue weighted by molar-refractivity contribution is 5.97. The van der Waals surface area contributed by atoms with Gasteiger partial charge in [-0.05, 0) is 31.2 Å². The molecule has 0 bridgehead atoms. The van der Waals surface area contributed by atoms with Gasteiger partial charge in [-0.1, -0.05) is 6.07 Å². The molecule has 0 saturated carbocycles. The molecule has 0 spiro atoms. The second-order valence-corrected chi connectivity index (χ2v) is 4.41. The molecule has 0 aliphatic carbocycles. The molecule has 1 aromatic carbocycles. The van der Waals surface area contributed by atoms with Gasteiger partial charge in [-0.2, -0.15) is 0 Å². The number of hydrogen-bond donors (Lipinski definition) is 2. The second kappa shape index (κ2) is 6.06. The van der Waals surface area contributed by atoms with Crippen LogP contribution in [0.3, 0.4) is 0 Å². The molecule has 3 N–H and O–H groups in total. The zero-order chi connectivity index (χ0) is 14.5. The highest BCUT2D eigenvalue weighted by atomic mass is 16.5. The fourth-order valence-corrected chi connectivity index (χ4v) is 1.86. The Kier molecular flexibility index (Phi) is 4.20. The van der Waals surface area contributed by atoms with E-state index in [1.807, 2.05) is 25.1 Å². The fourth-order valence-electron chi connectivity index (χ4n) is 1.86. The number of nitrogen functional groups attached to an aromatic ring is 1. The fraction of sp³-hybridized carbons (Fsp3) is 0.200. The number of methoxy groups -OCH3 is 1. The van der Waals surface area contributed by atoms with E-state index in [1.54, 1.807) is 18.2 Å². The Labute approximate surface area is 117 Å². The lowest BCUT2D eigenvalue weighted by atomic mass is 10.1. The van der Waals surface area contributed by atoms with Crippen molar-refractivity contribution < 1.29 is 9.53 Å². The van der Waals surface area contributed by atoms with E-state index in [2.05, 4.69) is 10.3 Å². The Balaban J connectivity index is 2.09. The van der Waals surface area contributed by atoms with Crippen molar-refractivity contribution in [3.8, 4) is 5.75 Å². The molecule has 0 radical (unpaired) electrons. The molecule has 2 aromatic rings. The Morgan fingerprint density at radius 2 is 2.15 bits per heavy atom. The van der Waals surface area contributed by atoms with Crippen LogP contribution in [0.15, 0.2) is 36.4 Å². The van der Waals surface area contributed by atoms with E-state index in [4.69, 9.17) is 10.5 Å². The van der Waals surface area contributed by atoms with Crippen molar-refractivity contribution in [2.24, 2.45) is 0 Å². The lowest BCUT2D eigenvalue weighted by molar-refractivity contribution is 0.0947. The molecule has 0 fully saturated rings. The lowest BCUT2D eigenvalue weighted by Crippen LogP contribution is -2.24. The van der Waals surface area contributed by atoms with Crippen molar-refractivity contribution >= 4 is 11.6 Å². The third-order valence-corrected chi connectivity index (χ3v) is 2.85. The molecule has 1 aromatic heterocycles. The van der Waals surface area contributed by atoms with Gasteiger partial charge in [-0.15, -0.1) is 0 Å². The van der Waals surface area contributed by atoms with Crippen molar-refractivity contribution in [3.05, 3.63) is 53.3 Å². The van der Waals surface area contributed by atoms with Gasteiger partial charge in [0.1, 0.15) is 5.75 Å². The highest BCUT2D eigenvalue weighted by Crippen LogP contribution is 2.21. The summed E-state index contributed by atoms with van der Waals surface area (Å²) in [6.07, 6.45) is 0. The molecule has 1 amide bonds. The van der Waals surface area contributed by atoms with Crippen LogP contribution in [0.4, 0.5) is 5.69 Å². The number of carbonyl (C=O) groups excluding carboxylic acids is 1. The first-order valence-electron chi connectivity index (χ1n) is 6.24. The summed E-state index contributed by atoms with van der Waals surface area (Å²) in [5, 5.41) is 2.81. The number of hydrogen-bond acceptors (Lipinski definition) is 4. The summed E-state index contributed by atoms with van der Waals surface area (Å²) >= 11 is 0. The molecule has 0 aliphatic heterocycles. The summed E-state index contributed by atoms with van der Waals surface area (Å²) in [7, 11) is 1.51. The van der Waals surface area contributed by atoms with E-state index in [0.717, 1.165) is 11.4 Å². The van der Waals surface area contributed by atoms with E-state index >= 15 is 0 Å². The van der Waals surface area contributed by atoms with Gasteiger partial charge in [-0.25, -0.2) is 0 Å². The average Bonchev–Trinajstić information content (AvgIpc) is 2.44. The monoisotopic (exact) mass is 271 g/mol. The first kappa shape index (κ1) is 13.9. The third kappa shape index (κ3) is 3.26. The molecule has 5 nitrogen and oxygen atoms in total. The zero-order valence-electron chi connectivity index (χ0n) is 11.5. The van der Waals surface area contributed by atoms with Crippen molar-refractivity contribution in [3.63, 3.8) is 0 Å². The van der Waals surface area contributed by atoms with Gasteiger partial charge in [0.15, 0.2) is 0 Å². The summed E-state index contributed by atoms with van der Waals surface area (Å²) in [6, 6.07) is 10.6. The predicted octanol–water partition coefficient (Wildman–Crippen LogP) is 1.91. The van der Waals surface area contributed by atoms with Crippen molar-refractivity contribution in [1.82, 2.24) is 10.3 Å². The second-order valence-electron chi connectivity index (χ2n) is 4.41. The van der Waals surface area contributed by atoms with Crippen LogP contribution in [-0.4, -0.2) is 18.0 Å². The number of nitrogens with zero attached hydrogens (tertiary/aromatic N) is 1. The van der Waals surface area contributed by atoms with Crippen molar-refractivity contribution in [2.75, 3.05) is 12.8 Å². The molecule has 0 atom stereocenters. The highest BCUT2D eigenvalue weighted by Gasteiger charge is 2.12. The molecule has 2 rings (SSSR count). The molecular weight excluding hydrogens is 254 g/mol. The third-order valence-electron chi connectivity index (χ3n) is 2.85. The summed E-state index contributed by atoms with van der Waals surface area (Å²) < 4.78 is 5.16. The van der Waals surface area contributed by atoms with Crippen molar-refractivity contribution in [1.29, 1.82) is 0 Å². The van der Waals surface area contributed by atoms with Crippen LogP contribution in [0.5, 0.6) is 5.75 Å². The standard InChI is InChI=1S/C15H17N3O2/c1-10-4-3-5-12(18-10)9-17-15(19)13-7-6-11(16)8-14(13)20-2/h3-8H,9,16H2,1-2H3,(H,17,19). The van der Waals surface area contributed by atoms with E-state index in [1.165, 1.54) is 7.11 Å². The first-order valence-corrected chi connectivity index (χ1v) is 6.24. The number of nitrogens with two attached hydrogens (primary N) is 1. The molecular formula is C15H17N3O2. The Morgan fingerprint density at radius 3 is 2.85 bits per heavy atom. The quantitative estimate of drug-likeness (QED) is 0.833. The molecule has 0 aliphatic rings. The molecule has 1 heterocycles. The number of carbonyl (C=O) groups is 1. The van der Waals surface area contributed by atoms with E-state index in [0.29, 0.717) is 23.5 Å². The van der Waals surface area contributed by atoms with E-state index in [9.17, 15) is 4.79 Å². The maximum atomic E-state index is 12.1. The average molecular weight is 271 g/mol. The number of benzene rings is 1. The Morgan fingerprint density at radius 1 is 1.35 bits per heavy atom. The van der Waals surface area contributed by atoms with Crippen molar-refractivity contribution in [2.45, 2.75) is 13.5 Å². The SMILES string of the molecule is COc1cc(N)ccc1C(=O)NCc1cccc(C)n1. The number of amides is 1. The minimum absolute atomic E-state index is 0.217. The Hall–Kier alpha value is -2.56. The van der Waals surface area contributed by atoms with Crippen LogP contribution in [0, 0.1) is 6.92 Å². The van der Waals surface area contributed by atoms with Crippen LogP contribution in [0.25, 0.3) is 0 Å². The van der Waals surface area contributed by atoms with Gasteiger partial charge >= 0.3 is 0 Å². The predicted molar refractivity (Wildman–Crippen MR) is 77.6 cm³/mol. The van der Waals surface area contributed by atoms with Gasteiger partial charge in [-0.3, -0.25) is 9.78 Å². The van der Waals surface area contributed by atoms with Crippen LogP contribution < -0.4 is 15.8 Å². The Bertz CT molecular complexity index is 626. The molecule has 0 saturated heterocycles. The van der Waals surface area contributed by atoms with Gasteiger partial charge in [0.2, 0.25) is 0 Å². The van der Waals surface area contributed by atoms with Crippen LogP contribution in [-0.2, 0) is 6.54 Å². The topological polar surface area (TPSA) is 77.2 Å². The first-order chi connectivity index (χ1) is 9.60. The van der Waals surface area contributed by atoms with E-state index in [-0.39, 0.29) is 5.91 Å². The number of pyridine rings is 1. The van der Waals surface area contributed by atoms with Gasteiger partial charge < -0.3 is 15.8 Å². The summed E-state index contributed by atoms with van der Waals surface area (Å²) in [5.74, 6) is 0.241. The number of aryl methyl sites for hydroxylation is 1. The molecule has 20 heavy (non-hydrogen) atoms. The minimum atomic E-state index is -0.217. The van der Waals surface area contributed by atoms with Crippen LogP contribution in [0.1, 0.15) is 21.7 Å². The molecule has 104 valence electrons. The number of nitrogens with one attached hydrogen (secondary N) is 1. The number of anilines is 1.